The van der Waals surface area contributed by atoms with Gasteiger partial charge in [0.05, 0.1) is 6.61 Å². The van der Waals surface area contributed by atoms with Crippen molar-refractivity contribution in [3.05, 3.63) is 29.6 Å². The Morgan fingerprint density at radius 3 is 2.90 bits per heavy atom. The molecule has 0 amide bonds. The summed E-state index contributed by atoms with van der Waals surface area (Å²) in [5.74, 6) is -0.703. The molecule has 1 heterocycles. The van der Waals surface area contributed by atoms with E-state index >= 15 is 0 Å². The molecule has 1 aromatic carbocycles. The number of sulfonamides is 1. The molecular weight excluding hydrogens is 295 g/mol. The van der Waals surface area contributed by atoms with Gasteiger partial charge in [0.2, 0.25) is 10.0 Å². The van der Waals surface area contributed by atoms with Gasteiger partial charge in [-0.2, -0.15) is 5.26 Å². The van der Waals surface area contributed by atoms with Gasteiger partial charge in [-0.1, -0.05) is 6.07 Å². The zero-order chi connectivity index (χ0) is 15.5. The molecule has 2 rings (SSSR count). The number of ether oxygens (including phenoxy) is 1. The van der Waals surface area contributed by atoms with E-state index in [1.807, 2.05) is 0 Å². The predicted octanol–water partition coefficient (Wildman–Crippen LogP) is 1.74. The van der Waals surface area contributed by atoms with Gasteiger partial charge in [-0.25, -0.2) is 17.1 Å². The molecule has 1 unspecified atom stereocenters. The van der Waals surface area contributed by atoms with E-state index in [1.54, 1.807) is 6.07 Å². The Kier molecular flexibility index (Phi) is 4.93. The second kappa shape index (κ2) is 6.52. The maximum atomic E-state index is 13.6. The molecule has 7 heteroatoms. The van der Waals surface area contributed by atoms with E-state index in [2.05, 4.69) is 0 Å². The molecule has 1 atom stereocenters. The van der Waals surface area contributed by atoms with Gasteiger partial charge in [0.15, 0.2) is 0 Å². The number of halogens is 1. The van der Waals surface area contributed by atoms with Crippen LogP contribution in [0.1, 0.15) is 18.4 Å². The highest BCUT2D eigenvalue weighted by Crippen LogP contribution is 2.23. The first-order valence-corrected chi connectivity index (χ1v) is 8.13. The second-order valence-corrected chi connectivity index (χ2v) is 7.11. The van der Waals surface area contributed by atoms with Crippen LogP contribution in [0.5, 0.6) is 0 Å². The first-order chi connectivity index (χ1) is 9.96. The van der Waals surface area contributed by atoms with E-state index < -0.39 is 21.4 Å². The first-order valence-electron chi connectivity index (χ1n) is 6.69. The molecular formula is C14H17FN2O3S. The number of benzene rings is 1. The predicted molar refractivity (Wildman–Crippen MR) is 74.5 cm³/mol. The van der Waals surface area contributed by atoms with Gasteiger partial charge in [0, 0.05) is 20.2 Å². The van der Waals surface area contributed by atoms with Crippen molar-refractivity contribution in [1.29, 1.82) is 5.26 Å². The third-order valence-electron chi connectivity index (χ3n) is 3.55. The highest BCUT2D eigenvalue weighted by Gasteiger charge is 2.28. The summed E-state index contributed by atoms with van der Waals surface area (Å²) in [5, 5.41) is 8.97. The fourth-order valence-electron chi connectivity index (χ4n) is 2.41. The van der Waals surface area contributed by atoms with E-state index in [-0.39, 0.29) is 10.8 Å². The van der Waals surface area contributed by atoms with Gasteiger partial charge in [-0.15, -0.1) is 0 Å². The van der Waals surface area contributed by atoms with Crippen molar-refractivity contribution >= 4 is 10.0 Å². The molecule has 5 nitrogen and oxygen atoms in total. The van der Waals surface area contributed by atoms with Crippen molar-refractivity contribution < 1.29 is 17.5 Å². The van der Waals surface area contributed by atoms with E-state index in [4.69, 9.17) is 10.00 Å². The third kappa shape index (κ3) is 3.40. The van der Waals surface area contributed by atoms with Crippen molar-refractivity contribution in [2.75, 3.05) is 26.8 Å². The Morgan fingerprint density at radius 1 is 1.52 bits per heavy atom. The monoisotopic (exact) mass is 312 g/mol. The quantitative estimate of drug-likeness (QED) is 0.849. The minimum absolute atomic E-state index is 0.123. The van der Waals surface area contributed by atoms with Crippen LogP contribution in [-0.4, -0.2) is 39.5 Å². The van der Waals surface area contributed by atoms with Crippen LogP contribution in [0.4, 0.5) is 4.39 Å². The number of nitriles is 1. The largest absolute Gasteiger partial charge is 0.381 e. The minimum Gasteiger partial charge on any atom is -0.381 e. The molecule has 1 fully saturated rings. The zero-order valence-electron chi connectivity index (χ0n) is 11.8. The second-order valence-electron chi connectivity index (χ2n) is 5.09. The molecule has 0 aliphatic carbocycles. The molecule has 21 heavy (non-hydrogen) atoms. The number of hydrogen-bond donors (Lipinski definition) is 0. The van der Waals surface area contributed by atoms with E-state index in [1.165, 1.54) is 23.5 Å². The van der Waals surface area contributed by atoms with Crippen molar-refractivity contribution in [1.82, 2.24) is 4.31 Å². The summed E-state index contributed by atoms with van der Waals surface area (Å²) in [6.07, 6.45) is 1.80. The van der Waals surface area contributed by atoms with E-state index in [9.17, 15) is 12.8 Å². The number of rotatable bonds is 4. The fourth-order valence-corrected chi connectivity index (χ4v) is 3.80. The van der Waals surface area contributed by atoms with Gasteiger partial charge in [0.1, 0.15) is 22.3 Å². The molecule has 0 radical (unpaired) electrons. The van der Waals surface area contributed by atoms with Crippen molar-refractivity contribution in [3.8, 4) is 6.07 Å². The van der Waals surface area contributed by atoms with Crippen LogP contribution < -0.4 is 0 Å². The summed E-state index contributed by atoms with van der Waals surface area (Å²) < 4.78 is 45.1. The molecule has 0 bridgehead atoms. The Hall–Kier alpha value is -1.49. The summed E-state index contributed by atoms with van der Waals surface area (Å²) in [6.45, 7) is 1.52. The Balaban J connectivity index is 2.25. The van der Waals surface area contributed by atoms with Gasteiger partial charge in [-0.05, 0) is 30.9 Å². The number of nitrogens with zero attached hydrogens (tertiary/aromatic N) is 2. The van der Waals surface area contributed by atoms with Gasteiger partial charge >= 0.3 is 0 Å². The third-order valence-corrected chi connectivity index (χ3v) is 5.41. The normalized spacial score (nSPS) is 19.4. The molecule has 1 saturated heterocycles. The smallest absolute Gasteiger partial charge is 0.244 e. The summed E-state index contributed by atoms with van der Waals surface area (Å²) in [5.41, 5.74) is -0.441. The van der Waals surface area contributed by atoms with Crippen molar-refractivity contribution in [3.63, 3.8) is 0 Å². The molecule has 0 aromatic heterocycles. The lowest BCUT2D eigenvalue weighted by Gasteiger charge is -2.26. The number of hydrogen-bond acceptors (Lipinski definition) is 4. The molecule has 1 aromatic rings. The van der Waals surface area contributed by atoms with Gasteiger partial charge < -0.3 is 4.74 Å². The summed E-state index contributed by atoms with van der Waals surface area (Å²) in [4.78, 5) is -0.288. The van der Waals surface area contributed by atoms with Crippen molar-refractivity contribution in [2.24, 2.45) is 5.92 Å². The first kappa shape index (κ1) is 15.9. The standard InChI is InChI=1S/C14H17FN2O3S/c1-17(9-11-4-3-7-20-10-11)21(18,19)14-6-2-5-13(15)12(14)8-16/h2,5-6,11H,3-4,7,9-10H2,1H3. The molecule has 0 spiro atoms. The summed E-state index contributed by atoms with van der Waals surface area (Å²) in [7, 11) is -2.45. The topological polar surface area (TPSA) is 70.4 Å². The Morgan fingerprint density at radius 2 is 2.29 bits per heavy atom. The van der Waals surface area contributed by atoms with Gasteiger partial charge in [0.25, 0.3) is 0 Å². The van der Waals surface area contributed by atoms with Crippen LogP contribution >= 0.6 is 0 Å². The molecule has 1 aliphatic heterocycles. The van der Waals surface area contributed by atoms with E-state index in [0.717, 1.165) is 18.9 Å². The van der Waals surface area contributed by atoms with Crippen LogP contribution in [0.2, 0.25) is 0 Å². The molecule has 0 N–H and O–H groups in total. The van der Waals surface area contributed by atoms with E-state index in [0.29, 0.717) is 19.8 Å². The maximum absolute atomic E-state index is 13.6. The van der Waals surface area contributed by atoms with Crippen molar-refractivity contribution in [2.45, 2.75) is 17.7 Å². The summed E-state index contributed by atoms with van der Waals surface area (Å²) >= 11 is 0. The lowest BCUT2D eigenvalue weighted by atomic mass is 10.0. The zero-order valence-corrected chi connectivity index (χ0v) is 12.6. The highest BCUT2D eigenvalue weighted by molar-refractivity contribution is 7.89. The lowest BCUT2D eigenvalue weighted by Crippen LogP contribution is -2.35. The molecule has 0 saturated carbocycles. The van der Waals surface area contributed by atoms with Crippen LogP contribution in [0.15, 0.2) is 23.1 Å². The highest BCUT2D eigenvalue weighted by atomic mass is 32.2. The fraction of sp³-hybridized carbons (Fsp3) is 0.500. The average molecular weight is 312 g/mol. The maximum Gasteiger partial charge on any atom is 0.244 e. The molecule has 114 valence electrons. The Bertz CT molecular complexity index is 649. The van der Waals surface area contributed by atoms with Crippen LogP contribution in [-0.2, 0) is 14.8 Å². The minimum atomic E-state index is -3.89. The SMILES string of the molecule is CN(CC1CCCOC1)S(=O)(=O)c1cccc(F)c1C#N. The van der Waals surface area contributed by atoms with Crippen LogP contribution in [0, 0.1) is 23.1 Å². The Labute approximate surface area is 124 Å². The summed E-state index contributed by atoms with van der Waals surface area (Å²) in [6, 6.07) is 5.25. The average Bonchev–Trinajstić information content (AvgIpc) is 2.48. The van der Waals surface area contributed by atoms with Gasteiger partial charge in [-0.3, -0.25) is 0 Å². The van der Waals surface area contributed by atoms with Crippen LogP contribution in [0.3, 0.4) is 0 Å². The molecule has 1 aliphatic rings. The van der Waals surface area contributed by atoms with Crippen LogP contribution in [0.25, 0.3) is 0 Å². The lowest BCUT2D eigenvalue weighted by molar-refractivity contribution is 0.0495.